The molecule has 1 atom stereocenters. The number of halogens is 3. The molecule has 1 fully saturated rings. The third kappa shape index (κ3) is 1.82. The van der Waals surface area contributed by atoms with Crippen molar-refractivity contribution in [2.45, 2.75) is 12.2 Å². The summed E-state index contributed by atoms with van der Waals surface area (Å²) in [6.07, 6.45) is -4.42. The van der Waals surface area contributed by atoms with Gasteiger partial charge in [-0.2, -0.15) is 13.2 Å². The molecule has 2 amide bonds. The van der Waals surface area contributed by atoms with Gasteiger partial charge in [0, 0.05) is 12.2 Å². The molecule has 0 spiro atoms. The van der Waals surface area contributed by atoms with Crippen molar-refractivity contribution < 1.29 is 18.0 Å². The lowest BCUT2D eigenvalue weighted by Gasteiger charge is -2.24. The van der Waals surface area contributed by atoms with Crippen LogP contribution < -0.4 is 10.2 Å². The van der Waals surface area contributed by atoms with Gasteiger partial charge in [-0.25, -0.2) is 4.79 Å². The Morgan fingerprint density at radius 1 is 1.25 bits per heavy atom. The fourth-order valence-electron chi connectivity index (χ4n) is 1.65. The molecular weight excluding hydrogens is 221 g/mol. The standard InChI is InChI=1S/C10H9F3N2O/c11-10(12,13)8-6-14-9(16)15(8)7-4-2-1-3-5-7/h1-5,8H,6H2,(H,14,16)/t8-/m0/s1. The van der Waals surface area contributed by atoms with E-state index in [0.717, 1.165) is 4.90 Å². The number of urea groups is 1. The van der Waals surface area contributed by atoms with E-state index in [1.165, 1.54) is 12.1 Å². The first-order chi connectivity index (χ1) is 7.50. The summed E-state index contributed by atoms with van der Waals surface area (Å²) in [6.45, 7) is -0.406. The van der Waals surface area contributed by atoms with E-state index in [4.69, 9.17) is 0 Å². The van der Waals surface area contributed by atoms with Crippen molar-refractivity contribution in [1.29, 1.82) is 0 Å². The van der Waals surface area contributed by atoms with E-state index in [2.05, 4.69) is 5.32 Å². The Kier molecular flexibility index (Phi) is 2.49. The van der Waals surface area contributed by atoms with E-state index in [9.17, 15) is 18.0 Å². The molecule has 1 heterocycles. The Bertz CT molecular complexity index is 391. The number of nitrogens with zero attached hydrogens (tertiary/aromatic N) is 1. The van der Waals surface area contributed by atoms with Crippen molar-refractivity contribution in [3.05, 3.63) is 30.3 Å². The first kappa shape index (κ1) is 10.8. The van der Waals surface area contributed by atoms with Gasteiger partial charge in [-0.15, -0.1) is 0 Å². The summed E-state index contributed by atoms with van der Waals surface area (Å²) in [5.41, 5.74) is 0.250. The van der Waals surface area contributed by atoms with E-state index in [1.54, 1.807) is 18.2 Å². The molecule has 1 aliphatic rings. The van der Waals surface area contributed by atoms with Gasteiger partial charge < -0.3 is 5.32 Å². The lowest BCUT2D eigenvalue weighted by atomic mass is 10.2. The van der Waals surface area contributed by atoms with Crippen LogP contribution in [-0.4, -0.2) is 24.8 Å². The van der Waals surface area contributed by atoms with Crippen LogP contribution in [0.4, 0.5) is 23.7 Å². The van der Waals surface area contributed by atoms with Gasteiger partial charge in [0.2, 0.25) is 0 Å². The van der Waals surface area contributed by atoms with Crippen LogP contribution in [0.5, 0.6) is 0 Å². The predicted molar refractivity (Wildman–Crippen MR) is 52.2 cm³/mol. The third-order valence-corrected chi connectivity index (χ3v) is 2.39. The molecule has 0 unspecified atom stereocenters. The van der Waals surface area contributed by atoms with Crippen LogP contribution in [0.25, 0.3) is 0 Å². The molecule has 0 aliphatic carbocycles. The van der Waals surface area contributed by atoms with E-state index in [-0.39, 0.29) is 5.69 Å². The van der Waals surface area contributed by atoms with Gasteiger partial charge in [0.1, 0.15) is 0 Å². The van der Waals surface area contributed by atoms with Crippen LogP contribution in [-0.2, 0) is 0 Å². The first-order valence-corrected chi connectivity index (χ1v) is 4.69. The van der Waals surface area contributed by atoms with E-state index in [0.29, 0.717) is 0 Å². The van der Waals surface area contributed by atoms with Crippen molar-refractivity contribution in [2.24, 2.45) is 0 Å². The molecule has 16 heavy (non-hydrogen) atoms. The van der Waals surface area contributed by atoms with Gasteiger partial charge in [0.15, 0.2) is 6.04 Å². The molecular formula is C10H9F3N2O. The van der Waals surface area contributed by atoms with Crippen molar-refractivity contribution in [1.82, 2.24) is 5.32 Å². The first-order valence-electron chi connectivity index (χ1n) is 4.69. The maximum Gasteiger partial charge on any atom is 0.411 e. The summed E-state index contributed by atoms with van der Waals surface area (Å²) in [7, 11) is 0. The Morgan fingerprint density at radius 2 is 1.88 bits per heavy atom. The lowest BCUT2D eigenvalue weighted by Crippen LogP contribution is -2.44. The highest BCUT2D eigenvalue weighted by Gasteiger charge is 2.49. The number of amides is 2. The van der Waals surface area contributed by atoms with E-state index < -0.39 is 24.8 Å². The van der Waals surface area contributed by atoms with Crippen molar-refractivity contribution in [3.63, 3.8) is 0 Å². The summed E-state index contributed by atoms with van der Waals surface area (Å²) >= 11 is 0. The van der Waals surface area contributed by atoms with Gasteiger partial charge in [0.25, 0.3) is 0 Å². The summed E-state index contributed by atoms with van der Waals surface area (Å²) < 4.78 is 37.9. The van der Waals surface area contributed by atoms with Crippen LogP contribution >= 0.6 is 0 Å². The van der Waals surface area contributed by atoms with E-state index >= 15 is 0 Å². The summed E-state index contributed by atoms with van der Waals surface area (Å²) in [5.74, 6) is 0. The number of carbonyl (C=O) groups is 1. The predicted octanol–water partition coefficient (Wildman–Crippen LogP) is 2.15. The average Bonchev–Trinajstić information content (AvgIpc) is 2.61. The molecule has 3 nitrogen and oxygen atoms in total. The number of nitrogens with one attached hydrogen (secondary N) is 1. The normalized spacial score (nSPS) is 21.1. The van der Waals surface area contributed by atoms with Gasteiger partial charge in [0.05, 0.1) is 0 Å². The average molecular weight is 230 g/mol. The Hall–Kier alpha value is -1.72. The lowest BCUT2D eigenvalue weighted by molar-refractivity contribution is -0.142. The quantitative estimate of drug-likeness (QED) is 0.787. The SMILES string of the molecule is O=C1NC[C@@H](C(F)(F)F)N1c1ccccc1. The molecule has 1 aromatic carbocycles. The van der Waals surface area contributed by atoms with Crippen molar-refractivity contribution >= 4 is 11.7 Å². The van der Waals surface area contributed by atoms with Crippen LogP contribution in [0.1, 0.15) is 0 Å². The summed E-state index contributed by atoms with van der Waals surface area (Å²) in [5, 5.41) is 2.19. The van der Waals surface area contributed by atoms with Gasteiger partial charge in [-0.3, -0.25) is 4.90 Å². The monoisotopic (exact) mass is 230 g/mol. The Labute approximate surface area is 89.9 Å². The molecule has 0 aromatic heterocycles. The van der Waals surface area contributed by atoms with Crippen molar-refractivity contribution in [2.75, 3.05) is 11.4 Å². The molecule has 0 bridgehead atoms. The minimum absolute atomic E-state index is 0.250. The molecule has 1 N–H and O–H groups in total. The number of alkyl halides is 3. The number of hydrogen-bond donors (Lipinski definition) is 1. The number of para-hydroxylation sites is 1. The molecule has 0 saturated carbocycles. The number of anilines is 1. The second-order valence-corrected chi connectivity index (χ2v) is 3.45. The molecule has 0 radical (unpaired) electrons. The molecule has 6 heteroatoms. The van der Waals surface area contributed by atoms with Gasteiger partial charge >= 0.3 is 12.2 Å². The summed E-state index contributed by atoms with van der Waals surface area (Å²) in [6, 6.07) is 5.31. The maximum absolute atomic E-state index is 12.6. The Morgan fingerprint density at radius 3 is 2.44 bits per heavy atom. The number of rotatable bonds is 1. The second kappa shape index (κ2) is 3.70. The van der Waals surface area contributed by atoms with Crippen LogP contribution in [0.15, 0.2) is 30.3 Å². The maximum atomic E-state index is 12.6. The molecule has 2 rings (SSSR count). The number of carbonyl (C=O) groups excluding carboxylic acids is 1. The Balaban J connectivity index is 2.34. The van der Waals surface area contributed by atoms with Gasteiger partial charge in [-0.05, 0) is 12.1 Å². The smallest absolute Gasteiger partial charge is 0.335 e. The largest absolute Gasteiger partial charge is 0.411 e. The zero-order chi connectivity index (χ0) is 11.8. The molecule has 1 aliphatic heterocycles. The number of benzene rings is 1. The zero-order valence-corrected chi connectivity index (χ0v) is 8.16. The highest BCUT2D eigenvalue weighted by molar-refractivity contribution is 5.95. The fraction of sp³-hybridized carbons (Fsp3) is 0.300. The van der Waals surface area contributed by atoms with Gasteiger partial charge in [-0.1, -0.05) is 18.2 Å². The molecule has 86 valence electrons. The highest BCUT2D eigenvalue weighted by Crippen LogP contribution is 2.31. The molecule has 1 saturated heterocycles. The fourth-order valence-corrected chi connectivity index (χ4v) is 1.65. The minimum atomic E-state index is -4.42. The highest BCUT2D eigenvalue weighted by atomic mass is 19.4. The van der Waals surface area contributed by atoms with Crippen LogP contribution in [0.3, 0.4) is 0 Å². The third-order valence-electron chi connectivity index (χ3n) is 2.39. The van der Waals surface area contributed by atoms with Crippen LogP contribution in [0, 0.1) is 0 Å². The minimum Gasteiger partial charge on any atom is -0.335 e. The summed E-state index contributed by atoms with van der Waals surface area (Å²) in [4.78, 5) is 12.1. The van der Waals surface area contributed by atoms with Crippen molar-refractivity contribution in [3.8, 4) is 0 Å². The van der Waals surface area contributed by atoms with Crippen LogP contribution in [0.2, 0.25) is 0 Å². The molecule has 1 aromatic rings. The number of hydrogen-bond acceptors (Lipinski definition) is 1. The topological polar surface area (TPSA) is 32.3 Å². The second-order valence-electron chi connectivity index (χ2n) is 3.45. The zero-order valence-electron chi connectivity index (χ0n) is 8.16. The van der Waals surface area contributed by atoms with E-state index in [1.807, 2.05) is 0 Å².